The van der Waals surface area contributed by atoms with E-state index in [1.807, 2.05) is 30.3 Å². The van der Waals surface area contributed by atoms with Gasteiger partial charge >= 0.3 is 5.97 Å². The Morgan fingerprint density at radius 3 is 2.55 bits per heavy atom. The van der Waals surface area contributed by atoms with Gasteiger partial charge < -0.3 is 10.2 Å². The van der Waals surface area contributed by atoms with Gasteiger partial charge in [-0.1, -0.05) is 46.3 Å². The van der Waals surface area contributed by atoms with Crippen molar-refractivity contribution in [3.05, 3.63) is 64.1 Å². The van der Waals surface area contributed by atoms with Crippen LogP contribution in [0.5, 0.6) is 5.75 Å². The summed E-state index contributed by atoms with van der Waals surface area (Å²) in [6, 6.07) is 13.3. The number of carboxylic acids is 1. The van der Waals surface area contributed by atoms with Crippen molar-refractivity contribution in [2.75, 3.05) is 0 Å². The Morgan fingerprint density at radius 2 is 1.90 bits per heavy atom. The van der Waals surface area contributed by atoms with Gasteiger partial charge in [-0.25, -0.2) is 0 Å². The zero-order valence-corrected chi connectivity index (χ0v) is 12.2. The minimum atomic E-state index is -1.03. The topological polar surface area (TPSA) is 69.6 Å². The van der Waals surface area contributed by atoms with Crippen LogP contribution in [-0.4, -0.2) is 16.2 Å². The minimum absolute atomic E-state index is 0.0406. The Balaban J connectivity index is 2.19. The van der Waals surface area contributed by atoms with E-state index in [-0.39, 0.29) is 5.75 Å². The molecule has 0 aromatic heterocycles. The maximum atomic E-state index is 11.4. The van der Waals surface area contributed by atoms with Crippen LogP contribution in [0.3, 0.4) is 0 Å². The number of aliphatic carboxylic acids is 1. The van der Waals surface area contributed by atoms with Crippen LogP contribution in [0, 0.1) is 0 Å². The smallest absolute Gasteiger partial charge is 0.325 e. The lowest BCUT2D eigenvalue weighted by molar-refractivity contribution is -0.139. The number of benzene rings is 2. The van der Waals surface area contributed by atoms with Crippen LogP contribution >= 0.6 is 15.9 Å². The highest BCUT2D eigenvalue weighted by Gasteiger charge is 2.22. The van der Waals surface area contributed by atoms with Gasteiger partial charge in [0.25, 0.3) is 0 Å². The summed E-state index contributed by atoms with van der Waals surface area (Å²) < 4.78 is 0.720. The number of carbonyl (C=O) groups is 1. The number of nitrogens with one attached hydrogen (secondary N) is 1. The van der Waals surface area contributed by atoms with Crippen LogP contribution < -0.4 is 5.32 Å². The van der Waals surface area contributed by atoms with E-state index in [9.17, 15) is 15.0 Å². The first-order chi connectivity index (χ1) is 9.58. The van der Waals surface area contributed by atoms with Gasteiger partial charge in [0.15, 0.2) is 0 Å². The number of hydrogen-bond acceptors (Lipinski definition) is 3. The second-order valence-corrected chi connectivity index (χ2v) is 5.26. The quantitative estimate of drug-likeness (QED) is 0.785. The molecule has 1 unspecified atom stereocenters. The Kier molecular flexibility index (Phi) is 4.76. The number of phenolic OH excluding ortho intramolecular Hbond substituents is 1. The Morgan fingerprint density at radius 1 is 1.20 bits per heavy atom. The summed E-state index contributed by atoms with van der Waals surface area (Å²) in [6.07, 6.45) is 0. The third-order valence-electron chi connectivity index (χ3n) is 2.90. The van der Waals surface area contributed by atoms with Crippen molar-refractivity contribution in [1.82, 2.24) is 5.32 Å². The van der Waals surface area contributed by atoms with E-state index in [2.05, 4.69) is 21.2 Å². The first-order valence-corrected chi connectivity index (χ1v) is 6.86. The summed E-state index contributed by atoms with van der Waals surface area (Å²) >= 11 is 3.28. The van der Waals surface area contributed by atoms with Crippen molar-refractivity contribution in [3.8, 4) is 5.75 Å². The lowest BCUT2D eigenvalue weighted by Crippen LogP contribution is -2.28. The lowest BCUT2D eigenvalue weighted by Gasteiger charge is -2.16. The second kappa shape index (κ2) is 6.54. The van der Waals surface area contributed by atoms with Crippen molar-refractivity contribution >= 4 is 21.9 Å². The monoisotopic (exact) mass is 335 g/mol. The average molecular weight is 336 g/mol. The highest BCUT2D eigenvalue weighted by Crippen LogP contribution is 2.28. The summed E-state index contributed by atoms with van der Waals surface area (Å²) in [6.45, 7) is 0.407. The molecule has 0 fully saturated rings. The first kappa shape index (κ1) is 14.6. The van der Waals surface area contributed by atoms with Crippen LogP contribution in [0.1, 0.15) is 17.2 Å². The molecule has 0 aliphatic rings. The molecule has 5 heteroatoms. The summed E-state index contributed by atoms with van der Waals surface area (Å²) in [4.78, 5) is 11.4. The van der Waals surface area contributed by atoms with Crippen molar-refractivity contribution in [2.24, 2.45) is 0 Å². The zero-order chi connectivity index (χ0) is 14.5. The largest absolute Gasteiger partial charge is 0.508 e. The van der Waals surface area contributed by atoms with Crippen LogP contribution in [0.25, 0.3) is 0 Å². The van der Waals surface area contributed by atoms with Crippen LogP contribution in [0.15, 0.2) is 53.0 Å². The summed E-state index contributed by atoms with van der Waals surface area (Å²) in [7, 11) is 0. The van der Waals surface area contributed by atoms with E-state index in [0.29, 0.717) is 12.1 Å². The fourth-order valence-corrected chi connectivity index (χ4v) is 2.28. The molecule has 2 rings (SSSR count). The number of phenols is 1. The summed E-state index contributed by atoms with van der Waals surface area (Å²) in [5.41, 5.74) is 1.32. The molecule has 0 aliphatic heterocycles. The molecule has 1 atom stereocenters. The van der Waals surface area contributed by atoms with Gasteiger partial charge in [-0.15, -0.1) is 0 Å². The molecular formula is C15H14BrNO3. The molecule has 0 spiro atoms. The molecule has 0 aliphatic carbocycles. The third-order valence-corrected chi connectivity index (χ3v) is 3.39. The molecule has 2 aromatic carbocycles. The van der Waals surface area contributed by atoms with Crippen molar-refractivity contribution < 1.29 is 15.0 Å². The van der Waals surface area contributed by atoms with Gasteiger partial charge in [-0.2, -0.15) is 0 Å². The van der Waals surface area contributed by atoms with E-state index in [1.165, 1.54) is 6.07 Å². The first-order valence-electron chi connectivity index (χ1n) is 6.06. The summed E-state index contributed by atoms with van der Waals surface area (Å²) in [5, 5.41) is 22.1. The fraction of sp³-hybridized carbons (Fsp3) is 0.133. The number of aromatic hydroxyl groups is 1. The molecule has 0 saturated carbocycles. The average Bonchev–Trinajstić information content (AvgIpc) is 2.43. The van der Waals surface area contributed by atoms with E-state index in [1.54, 1.807) is 12.1 Å². The van der Waals surface area contributed by atoms with Crippen molar-refractivity contribution in [3.63, 3.8) is 0 Å². The predicted octanol–water partition coefficient (Wildman–Crippen LogP) is 3.07. The minimum Gasteiger partial charge on any atom is -0.508 e. The van der Waals surface area contributed by atoms with Crippen LogP contribution in [0.4, 0.5) is 0 Å². The number of rotatable bonds is 5. The lowest BCUT2D eigenvalue weighted by atomic mass is 10.1. The Hall–Kier alpha value is -1.85. The summed E-state index contributed by atoms with van der Waals surface area (Å²) in [5.74, 6) is -1.07. The van der Waals surface area contributed by atoms with Crippen LogP contribution in [0.2, 0.25) is 0 Å². The number of halogens is 1. The zero-order valence-electron chi connectivity index (χ0n) is 10.6. The van der Waals surface area contributed by atoms with Crippen molar-refractivity contribution in [1.29, 1.82) is 0 Å². The normalized spacial score (nSPS) is 12.1. The van der Waals surface area contributed by atoms with Crippen molar-refractivity contribution in [2.45, 2.75) is 12.6 Å². The van der Waals surface area contributed by atoms with Crippen LogP contribution in [-0.2, 0) is 11.3 Å². The van der Waals surface area contributed by atoms with Gasteiger partial charge in [0.1, 0.15) is 11.8 Å². The molecule has 0 amide bonds. The van der Waals surface area contributed by atoms with Gasteiger partial charge in [-0.3, -0.25) is 10.1 Å². The van der Waals surface area contributed by atoms with Gasteiger partial charge in [0.2, 0.25) is 0 Å². The van der Waals surface area contributed by atoms with Gasteiger partial charge in [0, 0.05) is 16.6 Å². The third kappa shape index (κ3) is 3.59. The molecule has 0 saturated heterocycles. The number of hydrogen-bond donors (Lipinski definition) is 3. The molecule has 104 valence electrons. The maximum absolute atomic E-state index is 11.4. The maximum Gasteiger partial charge on any atom is 0.325 e. The highest BCUT2D eigenvalue weighted by molar-refractivity contribution is 9.10. The SMILES string of the molecule is O=C(O)C(NCc1ccccc1)c1cc(Br)ccc1O. The highest BCUT2D eigenvalue weighted by atomic mass is 79.9. The molecule has 2 aromatic rings. The van der Waals surface area contributed by atoms with Gasteiger partial charge in [0.05, 0.1) is 0 Å². The van der Waals surface area contributed by atoms with E-state index in [4.69, 9.17) is 0 Å². The molecule has 0 bridgehead atoms. The molecule has 20 heavy (non-hydrogen) atoms. The molecule has 0 heterocycles. The Bertz CT molecular complexity index is 601. The molecular weight excluding hydrogens is 322 g/mol. The van der Waals surface area contributed by atoms with E-state index < -0.39 is 12.0 Å². The Labute approximate surface area is 125 Å². The molecule has 3 N–H and O–H groups in total. The molecule has 0 radical (unpaired) electrons. The van der Waals surface area contributed by atoms with E-state index in [0.717, 1.165) is 10.0 Å². The standard InChI is InChI=1S/C15H14BrNO3/c16-11-6-7-13(18)12(8-11)14(15(19)20)17-9-10-4-2-1-3-5-10/h1-8,14,17-18H,9H2,(H,19,20). The fourth-order valence-electron chi connectivity index (χ4n) is 1.90. The molecule has 4 nitrogen and oxygen atoms in total. The second-order valence-electron chi connectivity index (χ2n) is 4.34. The van der Waals surface area contributed by atoms with Gasteiger partial charge in [-0.05, 0) is 23.8 Å². The predicted molar refractivity (Wildman–Crippen MR) is 79.5 cm³/mol. The van der Waals surface area contributed by atoms with E-state index >= 15 is 0 Å². The number of carboxylic acid groups (broad SMARTS) is 1.